The highest BCUT2D eigenvalue weighted by Crippen LogP contribution is 2.28. The average molecular weight is 405 g/mol. The van der Waals surface area contributed by atoms with Crippen LogP contribution in [0.3, 0.4) is 0 Å². The summed E-state index contributed by atoms with van der Waals surface area (Å²) in [5, 5.41) is 9.04. The monoisotopic (exact) mass is 403 g/mol. The zero-order valence-corrected chi connectivity index (χ0v) is 14.0. The lowest BCUT2D eigenvalue weighted by molar-refractivity contribution is -0.138. The lowest BCUT2D eigenvalue weighted by Gasteiger charge is -2.27. The maximum Gasteiger partial charge on any atom is 0.323 e. The summed E-state index contributed by atoms with van der Waals surface area (Å²) in [7, 11) is 0. The van der Waals surface area contributed by atoms with Crippen LogP contribution in [0.15, 0.2) is 27.1 Å². The number of carboxylic acid groups (broad SMARTS) is 1. The lowest BCUT2D eigenvalue weighted by Crippen LogP contribution is -2.42. The van der Waals surface area contributed by atoms with E-state index in [1.54, 1.807) is 18.2 Å². The van der Waals surface area contributed by atoms with Gasteiger partial charge in [-0.05, 0) is 47.0 Å². The summed E-state index contributed by atoms with van der Waals surface area (Å²) in [4.78, 5) is 25.1. The van der Waals surface area contributed by atoms with E-state index in [0.29, 0.717) is 10.0 Å². The van der Waals surface area contributed by atoms with Crippen molar-refractivity contribution in [3.05, 3.63) is 32.7 Å². The van der Waals surface area contributed by atoms with Crippen molar-refractivity contribution in [2.75, 3.05) is 6.54 Å². The van der Waals surface area contributed by atoms with E-state index in [4.69, 9.17) is 5.11 Å². The van der Waals surface area contributed by atoms with Gasteiger partial charge in [0.25, 0.3) is 5.91 Å². The van der Waals surface area contributed by atoms with E-state index < -0.39 is 5.97 Å². The Bertz CT molecular complexity index is 527. The number of carbonyl (C=O) groups is 2. The molecule has 0 atom stereocenters. The van der Waals surface area contributed by atoms with Gasteiger partial charge in [0.05, 0.1) is 5.56 Å². The van der Waals surface area contributed by atoms with E-state index in [9.17, 15) is 9.59 Å². The van der Waals surface area contributed by atoms with Crippen LogP contribution in [0.2, 0.25) is 0 Å². The SMILES string of the molecule is O=C(O)CN(C(=O)c1ccc(Br)cc1Br)C1CCCC1. The Kier molecular flexibility index (Phi) is 5.21. The Morgan fingerprint density at radius 2 is 1.90 bits per heavy atom. The van der Waals surface area contributed by atoms with Gasteiger partial charge in [0.15, 0.2) is 0 Å². The fourth-order valence-electron chi connectivity index (χ4n) is 2.55. The minimum Gasteiger partial charge on any atom is -0.480 e. The van der Waals surface area contributed by atoms with Gasteiger partial charge in [-0.1, -0.05) is 28.8 Å². The molecule has 0 radical (unpaired) electrons. The molecule has 0 bridgehead atoms. The fourth-order valence-corrected chi connectivity index (χ4v) is 3.76. The largest absolute Gasteiger partial charge is 0.480 e. The lowest BCUT2D eigenvalue weighted by atomic mass is 10.1. The van der Waals surface area contributed by atoms with Crippen molar-refractivity contribution >= 4 is 43.7 Å². The first-order valence-electron chi connectivity index (χ1n) is 6.47. The zero-order valence-electron chi connectivity index (χ0n) is 10.8. The van der Waals surface area contributed by atoms with Gasteiger partial charge in [0.1, 0.15) is 6.54 Å². The zero-order chi connectivity index (χ0) is 14.7. The molecule has 1 fully saturated rings. The van der Waals surface area contributed by atoms with Crippen LogP contribution in [0.4, 0.5) is 0 Å². The molecular formula is C14H15Br2NO3. The highest BCUT2D eigenvalue weighted by molar-refractivity contribution is 9.11. The van der Waals surface area contributed by atoms with E-state index in [1.807, 2.05) is 0 Å². The van der Waals surface area contributed by atoms with Gasteiger partial charge >= 0.3 is 5.97 Å². The number of amides is 1. The van der Waals surface area contributed by atoms with Gasteiger partial charge in [0.2, 0.25) is 0 Å². The first kappa shape index (κ1) is 15.5. The molecule has 1 amide bonds. The first-order chi connectivity index (χ1) is 9.49. The number of hydrogen-bond donors (Lipinski definition) is 1. The number of carboxylic acids is 1. The molecule has 0 spiro atoms. The number of benzene rings is 1. The molecule has 20 heavy (non-hydrogen) atoms. The second-order valence-electron chi connectivity index (χ2n) is 4.89. The third kappa shape index (κ3) is 3.61. The number of rotatable bonds is 4. The highest BCUT2D eigenvalue weighted by atomic mass is 79.9. The predicted molar refractivity (Wildman–Crippen MR) is 82.8 cm³/mol. The molecule has 6 heteroatoms. The summed E-state index contributed by atoms with van der Waals surface area (Å²) in [6.45, 7) is -0.244. The molecule has 1 aliphatic carbocycles. The topological polar surface area (TPSA) is 57.6 Å². The molecule has 1 aromatic carbocycles. The van der Waals surface area contributed by atoms with E-state index in [0.717, 1.165) is 30.2 Å². The van der Waals surface area contributed by atoms with Crippen molar-refractivity contribution in [2.24, 2.45) is 0 Å². The Balaban J connectivity index is 2.27. The quantitative estimate of drug-likeness (QED) is 0.832. The number of aliphatic carboxylic acids is 1. The molecule has 2 rings (SSSR count). The molecule has 0 aliphatic heterocycles. The molecule has 1 N–H and O–H groups in total. The number of carbonyl (C=O) groups excluding carboxylic acids is 1. The van der Waals surface area contributed by atoms with E-state index in [1.165, 1.54) is 4.90 Å². The van der Waals surface area contributed by atoms with Crippen molar-refractivity contribution in [2.45, 2.75) is 31.7 Å². The molecule has 0 unspecified atom stereocenters. The van der Waals surface area contributed by atoms with Crippen LogP contribution >= 0.6 is 31.9 Å². The Hall–Kier alpha value is -0.880. The molecule has 0 saturated heterocycles. The second kappa shape index (κ2) is 6.72. The van der Waals surface area contributed by atoms with Crippen LogP contribution in [0.1, 0.15) is 36.0 Å². The minimum atomic E-state index is -0.974. The van der Waals surface area contributed by atoms with Gasteiger partial charge in [-0.25, -0.2) is 0 Å². The molecule has 4 nitrogen and oxygen atoms in total. The van der Waals surface area contributed by atoms with Gasteiger partial charge in [0, 0.05) is 15.0 Å². The summed E-state index contributed by atoms with van der Waals surface area (Å²) in [6.07, 6.45) is 3.87. The maximum absolute atomic E-state index is 12.6. The van der Waals surface area contributed by atoms with Gasteiger partial charge in [-0.2, -0.15) is 0 Å². The summed E-state index contributed by atoms with van der Waals surface area (Å²) in [5.41, 5.74) is 0.501. The summed E-state index contributed by atoms with van der Waals surface area (Å²) in [5.74, 6) is -1.20. The molecule has 1 saturated carbocycles. The minimum absolute atomic E-state index is 0.0362. The molecular weight excluding hydrogens is 390 g/mol. The maximum atomic E-state index is 12.6. The van der Waals surface area contributed by atoms with Crippen LogP contribution in [0.5, 0.6) is 0 Å². The Morgan fingerprint density at radius 1 is 1.25 bits per heavy atom. The van der Waals surface area contributed by atoms with Gasteiger partial charge < -0.3 is 10.0 Å². The highest BCUT2D eigenvalue weighted by Gasteiger charge is 2.29. The summed E-state index contributed by atoms with van der Waals surface area (Å²) >= 11 is 6.71. The van der Waals surface area contributed by atoms with Crippen LogP contribution in [0.25, 0.3) is 0 Å². The Morgan fingerprint density at radius 3 is 2.45 bits per heavy atom. The summed E-state index contributed by atoms with van der Waals surface area (Å²) < 4.78 is 1.54. The van der Waals surface area contributed by atoms with Crippen LogP contribution in [0, 0.1) is 0 Å². The van der Waals surface area contributed by atoms with E-state index >= 15 is 0 Å². The van der Waals surface area contributed by atoms with Crippen LogP contribution in [-0.4, -0.2) is 34.5 Å². The van der Waals surface area contributed by atoms with Gasteiger partial charge in [-0.15, -0.1) is 0 Å². The van der Waals surface area contributed by atoms with Crippen molar-refractivity contribution in [3.63, 3.8) is 0 Å². The smallest absolute Gasteiger partial charge is 0.323 e. The standard InChI is InChI=1S/C14H15Br2NO3/c15-9-5-6-11(12(16)7-9)14(20)17(8-13(18)19)10-3-1-2-4-10/h5-7,10H,1-4,8H2,(H,18,19). The third-order valence-electron chi connectivity index (χ3n) is 3.49. The van der Waals surface area contributed by atoms with E-state index in [-0.39, 0.29) is 18.5 Å². The number of nitrogens with zero attached hydrogens (tertiary/aromatic N) is 1. The van der Waals surface area contributed by atoms with Crippen molar-refractivity contribution in [3.8, 4) is 0 Å². The molecule has 0 heterocycles. The molecule has 1 aliphatic rings. The fraction of sp³-hybridized carbons (Fsp3) is 0.429. The molecule has 1 aromatic rings. The van der Waals surface area contributed by atoms with E-state index in [2.05, 4.69) is 31.9 Å². The van der Waals surface area contributed by atoms with Crippen LogP contribution in [-0.2, 0) is 4.79 Å². The molecule has 108 valence electrons. The van der Waals surface area contributed by atoms with Crippen molar-refractivity contribution < 1.29 is 14.7 Å². The Labute approximate surface area is 134 Å². The third-order valence-corrected chi connectivity index (χ3v) is 4.64. The molecule has 0 aromatic heterocycles. The first-order valence-corrected chi connectivity index (χ1v) is 8.05. The van der Waals surface area contributed by atoms with Crippen LogP contribution < -0.4 is 0 Å². The average Bonchev–Trinajstić information content (AvgIpc) is 2.88. The van der Waals surface area contributed by atoms with Crippen molar-refractivity contribution in [1.29, 1.82) is 0 Å². The predicted octanol–water partition coefficient (Wildman–Crippen LogP) is 3.68. The van der Waals surface area contributed by atoms with Gasteiger partial charge in [-0.3, -0.25) is 9.59 Å². The number of hydrogen-bond acceptors (Lipinski definition) is 2. The number of halogens is 2. The normalized spacial score (nSPS) is 15.3. The van der Waals surface area contributed by atoms with Crippen molar-refractivity contribution in [1.82, 2.24) is 4.90 Å². The summed E-state index contributed by atoms with van der Waals surface area (Å²) in [6, 6.07) is 5.32. The second-order valence-corrected chi connectivity index (χ2v) is 6.66.